The maximum atomic E-state index is 11.7. The van der Waals surface area contributed by atoms with Gasteiger partial charge in [-0.3, -0.25) is 4.79 Å². The summed E-state index contributed by atoms with van der Waals surface area (Å²) in [6.07, 6.45) is 0. The number of carboxylic acid groups (broad SMARTS) is 1. The molecule has 18 heavy (non-hydrogen) atoms. The fourth-order valence-electron chi connectivity index (χ4n) is 2.06. The summed E-state index contributed by atoms with van der Waals surface area (Å²) in [7, 11) is 3.34. The minimum atomic E-state index is -1.44. The molecule has 0 fully saturated rings. The van der Waals surface area contributed by atoms with E-state index in [-0.39, 0.29) is 5.56 Å². The Kier molecular flexibility index (Phi) is 2.82. The summed E-state index contributed by atoms with van der Waals surface area (Å²) in [5.41, 5.74) is 1.64. The normalized spacial score (nSPS) is 10.6. The molecule has 0 aliphatic carbocycles. The molecule has 0 aliphatic heterocycles. The second kappa shape index (κ2) is 4.18. The molecule has 0 spiro atoms. The molecular formula is C13H13NO4. The average Bonchev–Trinajstić information content (AvgIpc) is 2.61. The number of methoxy groups -OCH3 is 1. The SMILES string of the molecule is COc1ccc2c(C(=O)C(=O)O)c(C)n(C)c2c1. The highest BCUT2D eigenvalue weighted by atomic mass is 16.5. The molecule has 0 atom stereocenters. The van der Waals surface area contributed by atoms with Gasteiger partial charge in [0.15, 0.2) is 0 Å². The van der Waals surface area contributed by atoms with Crippen molar-refractivity contribution in [1.82, 2.24) is 4.57 Å². The molecule has 2 rings (SSSR count). The number of aromatic nitrogens is 1. The summed E-state index contributed by atoms with van der Waals surface area (Å²) in [5.74, 6) is -1.66. The van der Waals surface area contributed by atoms with Gasteiger partial charge in [0.05, 0.1) is 18.2 Å². The number of hydrogen-bond acceptors (Lipinski definition) is 3. The number of Topliss-reactive ketones (excluding diaryl/α,β-unsaturated/α-hetero) is 1. The van der Waals surface area contributed by atoms with Gasteiger partial charge in [0.2, 0.25) is 0 Å². The number of aliphatic carboxylic acids is 1. The third-order valence-corrected chi connectivity index (χ3v) is 3.12. The molecule has 0 saturated carbocycles. The van der Waals surface area contributed by atoms with E-state index in [0.29, 0.717) is 16.8 Å². The smallest absolute Gasteiger partial charge is 0.377 e. The van der Waals surface area contributed by atoms with Crippen molar-refractivity contribution in [1.29, 1.82) is 0 Å². The van der Waals surface area contributed by atoms with Crippen molar-refractivity contribution in [3.63, 3.8) is 0 Å². The van der Waals surface area contributed by atoms with Crippen molar-refractivity contribution in [2.45, 2.75) is 6.92 Å². The number of ether oxygens (including phenoxy) is 1. The molecule has 94 valence electrons. The first-order valence-corrected chi connectivity index (χ1v) is 5.38. The predicted molar refractivity (Wildman–Crippen MR) is 66.2 cm³/mol. The van der Waals surface area contributed by atoms with E-state index < -0.39 is 11.8 Å². The first-order valence-electron chi connectivity index (χ1n) is 5.38. The van der Waals surface area contributed by atoms with Gasteiger partial charge in [0.1, 0.15) is 5.75 Å². The van der Waals surface area contributed by atoms with Crippen LogP contribution in [-0.4, -0.2) is 28.5 Å². The highest BCUT2D eigenvalue weighted by Gasteiger charge is 2.23. The number of nitrogens with zero attached hydrogens (tertiary/aromatic N) is 1. The van der Waals surface area contributed by atoms with Crippen LogP contribution in [0, 0.1) is 6.92 Å². The van der Waals surface area contributed by atoms with Crippen molar-refractivity contribution >= 4 is 22.7 Å². The second-order valence-corrected chi connectivity index (χ2v) is 4.04. The van der Waals surface area contributed by atoms with E-state index in [9.17, 15) is 9.59 Å². The monoisotopic (exact) mass is 247 g/mol. The van der Waals surface area contributed by atoms with Crippen LogP contribution in [0.25, 0.3) is 10.9 Å². The molecule has 0 radical (unpaired) electrons. The van der Waals surface area contributed by atoms with Crippen LogP contribution < -0.4 is 4.74 Å². The molecule has 1 heterocycles. The Hall–Kier alpha value is -2.30. The molecule has 0 bridgehead atoms. The van der Waals surface area contributed by atoms with Gasteiger partial charge in [-0.2, -0.15) is 0 Å². The highest BCUT2D eigenvalue weighted by molar-refractivity contribution is 6.42. The second-order valence-electron chi connectivity index (χ2n) is 4.04. The Labute approximate surface area is 104 Å². The molecule has 0 unspecified atom stereocenters. The molecule has 5 heteroatoms. The molecular weight excluding hydrogens is 234 g/mol. The zero-order valence-corrected chi connectivity index (χ0v) is 10.4. The number of fused-ring (bicyclic) bond motifs is 1. The van der Waals surface area contributed by atoms with Crippen molar-refractivity contribution in [2.75, 3.05) is 7.11 Å². The van der Waals surface area contributed by atoms with Crippen molar-refractivity contribution in [3.05, 3.63) is 29.5 Å². The lowest BCUT2D eigenvalue weighted by atomic mass is 10.1. The number of carbonyl (C=O) groups excluding carboxylic acids is 1. The van der Waals surface area contributed by atoms with Crippen molar-refractivity contribution in [2.24, 2.45) is 7.05 Å². The van der Waals surface area contributed by atoms with Crippen LogP contribution in [0.1, 0.15) is 16.1 Å². The molecule has 1 aromatic carbocycles. The Morgan fingerprint density at radius 2 is 2.00 bits per heavy atom. The number of aryl methyl sites for hydroxylation is 1. The Bertz CT molecular complexity index is 655. The minimum absolute atomic E-state index is 0.239. The zero-order chi connectivity index (χ0) is 13.4. The third-order valence-electron chi connectivity index (χ3n) is 3.12. The van der Waals surface area contributed by atoms with Crippen LogP contribution in [-0.2, 0) is 11.8 Å². The lowest BCUT2D eigenvalue weighted by Crippen LogP contribution is -2.13. The van der Waals surface area contributed by atoms with E-state index in [4.69, 9.17) is 9.84 Å². The number of carboxylic acids is 1. The maximum Gasteiger partial charge on any atom is 0.377 e. The van der Waals surface area contributed by atoms with Crippen molar-refractivity contribution in [3.8, 4) is 5.75 Å². The molecule has 0 saturated heterocycles. The lowest BCUT2D eigenvalue weighted by molar-refractivity contribution is -0.131. The van der Waals surface area contributed by atoms with Gasteiger partial charge >= 0.3 is 5.97 Å². The van der Waals surface area contributed by atoms with Gasteiger partial charge in [-0.25, -0.2) is 4.79 Å². The Balaban J connectivity index is 2.79. The van der Waals surface area contributed by atoms with E-state index in [1.807, 2.05) is 0 Å². The summed E-state index contributed by atoms with van der Waals surface area (Å²) in [5, 5.41) is 9.47. The third kappa shape index (κ3) is 1.64. The molecule has 5 nitrogen and oxygen atoms in total. The fraction of sp³-hybridized carbons (Fsp3) is 0.231. The molecule has 1 aromatic heterocycles. The van der Waals surface area contributed by atoms with Gasteiger partial charge in [-0.1, -0.05) is 0 Å². The van der Waals surface area contributed by atoms with Crippen molar-refractivity contribution < 1.29 is 19.4 Å². The summed E-state index contributed by atoms with van der Waals surface area (Å²) < 4.78 is 6.91. The summed E-state index contributed by atoms with van der Waals surface area (Å²) in [6.45, 7) is 1.72. The highest BCUT2D eigenvalue weighted by Crippen LogP contribution is 2.28. The molecule has 2 aromatic rings. The average molecular weight is 247 g/mol. The van der Waals surface area contributed by atoms with Crippen LogP contribution in [0.2, 0.25) is 0 Å². The van der Waals surface area contributed by atoms with Crippen LogP contribution in [0.4, 0.5) is 0 Å². The number of rotatable bonds is 3. The topological polar surface area (TPSA) is 68.5 Å². The van der Waals surface area contributed by atoms with Crippen LogP contribution in [0.5, 0.6) is 5.75 Å². The van der Waals surface area contributed by atoms with Crippen LogP contribution >= 0.6 is 0 Å². The van der Waals surface area contributed by atoms with Gasteiger partial charge in [0.25, 0.3) is 5.78 Å². The van der Waals surface area contributed by atoms with Gasteiger partial charge in [-0.15, -0.1) is 0 Å². The first-order chi connectivity index (χ1) is 8.47. The Morgan fingerprint density at radius 3 is 2.56 bits per heavy atom. The van der Waals surface area contributed by atoms with E-state index in [0.717, 1.165) is 5.52 Å². The summed E-state index contributed by atoms with van der Waals surface area (Å²) in [4.78, 5) is 22.5. The largest absolute Gasteiger partial charge is 0.497 e. The van der Waals surface area contributed by atoms with Crippen LogP contribution in [0.15, 0.2) is 18.2 Å². The maximum absolute atomic E-state index is 11.7. The number of benzene rings is 1. The minimum Gasteiger partial charge on any atom is -0.497 e. The van der Waals surface area contributed by atoms with E-state index in [1.54, 1.807) is 43.8 Å². The molecule has 0 amide bonds. The van der Waals surface area contributed by atoms with E-state index in [1.165, 1.54) is 0 Å². The van der Waals surface area contributed by atoms with Gasteiger partial charge in [0, 0.05) is 24.2 Å². The number of ketones is 1. The standard InChI is InChI=1S/C13H13NO4/c1-7-11(12(15)13(16)17)9-5-4-8(18-3)6-10(9)14(7)2/h4-6H,1-3H3,(H,16,17). The lowest BCUT2D eigenvalue weighted by Gasteiger charge is -2.01. The number of hydrogen-bond donors (Lipinski definition) is 1. The summed E-state index contributed by atoms with van der Waals surface area (Å²) >= 11 is 0. The number of carbonyl (C=O) groups is 2. The van der Waals surface area contributed by atoms with Gasteiger partial charge < -0.3 is 14.4 Å². The fourth-order valence-corrected chi connectivity index (χ4v) is 2.06. The zero-order valence-electron chi connectivity index (χ0n) is 10.4. The molecule has 1 N–H and O–H groups in total. The predicted octanol–water partition coefficient (Wildman–Crippen LogP) is 1.76. The summed E-state index contributed by atoms with van der Waals surface area (Å²) in [6, 6.07) is 5.19. The quantitative estimate of drug-likeness (QED) is 0.663. The van der Waals surface area contributed by atoms with Gasteiger partial charge in [-0.05, 0) is 19.1 Å². The first kappa shape index (κ1) is 12.2. The van der Waals surface area contributed by atoms with E-state index in [2.05, 4.69) is 0 Å². The van der Waals surface area contributed by atoms with E-state index >= 15 is 0 Å². The Morgan fingerprint density at radius 1 is 1.33 bits per heavy atom. The van der Waals surface area contributed by atoms with Crippen LogP contribution in [0.3, 0.4) is 0 Å². The molecule has 0 aliphatic rings.